The van der Waals surface area contributed by atoms with Gasteiger partial charge in [-0.25, -0.2) is 4.68 Å². The highest BCUT2D eigenvalue weighted by atomic mass is 15.5. The van der Waals surface area contributed by atoms with Gasteiger partial charge < -0.3 is 11.5 Å². The third-order valence-electron chi connectivity index (χ3n) is 1.80. The van der Waals surface area contributed by atoms with Gasteiger partial charge in [0, 0.05) is 13.0 Å². The van der Waals surface area contributed by atoms with Crippen LogP contribution < -0.4 is 11.5 Å². The lowest BCUT2D eigenvalue weighted by molar-refractivity contribution is 0.525. The van der Waals surface area contributed by atoms with Crippen molar-refractivity contribution in [3.63, 3.8) is 0 Å². The summed E-state index contributed by atoms with van der Waals surface area (Å²) in [5, 5.41) is 11.3. The van der Waals surface area contributed by atoms with E-state index < -0.39 is 0 Å². The number of nitrogens with two attached hydrogens (primary N) is 2. The van der Waals surface area contributed by atoms with Crippen LogP contribution >= 0.6 is 0 Å². The van der Waals surface area contributed by atoms with Gasteiger partial charge in [0.25, 0.3) is 0 Å². The van der Waals surface area contributed by atoms with E-state index in [-0.39, 0.29) is 0 Å². The Bertz CT molecular complexity index is 233. The number of nitrogens with zero attached hydrogens (tertiary/aromatic N) is 4. The van der Waals surface area contributed by atoms with Crippen molar-refractivity contribution < 1.29 is 0 Å². The zero-order chi connectivity index (χ0) is 9.52. The maximum atomic E-state index is 5.41. The van der Waals surface area contributed by atoms with E-state index in [2.05, 4.69) is 15.5 Å². The lowest BCUT2D eigenvalue weighted by Crippen LogP contribution is -2.12. The molecule has 0 bridgehead atoms. The molecule has 0 aliphatic carbocycles. The highest BCUT2D eigenvalue weighted by Gasteiger charge is 2.03. The standard InChI is InChI=1S/C7H16N6/c8-4-1-2-6-13-7(3-5-9)10-11-12-13/h1-6,8-9H2. The van der Waals surface area contributed by atoms with Crippen LogP contribution in [0.1, 0.15) is 18.7 Å². The van der Waals surface area contributed by atoms with Gasteiger partial charge in [0.15, 0.2) is 5.82 Å². The molecule has 0 aromatic carbocycles. The number of tetrazole rings is 1. The van der Waals surface area contributed by atoms with Gasteiger partial charge >= 0.3 is 0 Å². The monoisotopic (exact) mass is 184 g/mol. The molecule has 0 aliphatic rings. The van der Waals surface area contributed by atoms with Gasteiger partial charge in [0.05, 0.1) is 0 Å². The van der Waals surface area contributed by atoms with Crippen molar-refractivity contribution in [2.45, 2.75) is 25.8 Å². The summed E-state index contributed by atoms with van der Waals surface area (Å²) >= 11 is 0. The van der Waals surface area contributed by atoms with E-state index >= 15 is 0 Å². The van der Waals surface area contributed by atoms with Crippen molar-refractivity contribution in [3.05, 3.63) is 5.82 Å². The van der Waals surface area contributed by atoms with Gasteiger partial charge in [-0.1, -0.05) is 0 Å². The zero-order valence-corrected chi connectivity index (χ0v) is 7.69. The van der Waals surface area contributed by atoms with E-state index in [4.69, 9.17) is 11.5 Å². The number of aryl methyl sites for hydroxylation is 1. The second kappa shape index (κ2) is 5.60. The third-order valence-corrected chi connectivity index (χ3v) is 1.80. The molecule has 6 nitrogen and oxygen atoms in total. The number of hydrogen-bond donors (Lipinski definition) is 2. The molecular weight excluding hydrogens is 168 g/mol. The van der Waals surface area contributed by atoms with E-state index in [9.17, 15) is 0 Å². The molecule has 6 heteroatoms. The topological polar surface area (TPSA) is 95.6 Å². The smallest absolute Gasteiger partial charge is 0.152 e. The van der Waals surface area contributed by atoms with Gasteiger partial charge in [-0.2, -0.15) is 0 Å². The van der Waals surface area contributed by atoms with Crippen molar-refractivity contribution in [3.8, 4) is 0 Å². The van der Waals surface area contributed by atoms with Crippen LogP contribution in [-0.4, -0.2) is 33.3 Å². The molecule has 1 heterocycles. The Morgan fingerprint density at radius 3 is 2.69 bits per heavy atom. The molecule has 13 heavy (non-hydrogen) atoms. The molecule has 0 spiro atoms. The second-order valence-corrected chi connectivity index (χ2v) is 2.85. The molecule has 1 rings (SSSR count). The van der Waals surface area contributed by atoms with E-state index in [1.807, 2.05) is 0 Å². The summed E-state index contributed by atoms with van der Waals surface area (Å²) in [5.74, 6) is 0.861. The van der Waals surface area contributed by atoms with Crippen LogP contribution in [0.15, 0.2) is 0 Å². The Balaban J connectivity index is 2.40. The fourth-order valence-electron chi connectivity index (χ4n) is 1.11. The summed E-state index contributed by atoms with van der Waals surface area (Å²) in [6, 6.07) is 0. The minimum Gasteiger partial charge on any atom is -0.330 e. The van der Waals surface area contributed by atoms with E-state index in [0.717, 1.165) is 31.6 Å². The van der Waals surface area contributed by atoms with Crippen molar-refractivity contribution in [2.75, 3.05) is 13.1 Å². The molecule has 0 unspecified atom stereocenters. The Hall–Kier alpha value is -1.01. The molecule has 0 radical (unpaired) electrons. The fourth-order valence-corrected chi connectivity index (χ4v) is 1.11. The average Bonchev–Trinajstić information content (AvgIpc) is 2.54. The summed E-state index contributed by atoms with van der Waals surface area (Å²) in [4.78, 5) is 0. The number of hydrogen-bond acceptors (Lipinski definition) is 5. The average molecular weight is 184 g/mol. The van der Waals surface area contributed by atoms with Crippen LogP contribution in [0, 0.1) is 0 Å². The predicted molar refractivity (Wildman–Crippen MR) is 48.9 cm³/mol. The van der Waals surface area contributed by atoms with E-state index in [0.29, 0.717) is 13.1 Å². The Kier molecular flexibility index (Phi) is 4.34. The van der Waals surface area contributed by atoms with Crippen LogP contribution in [0.2, 0.25) is 0 Å². The molecule has 1 aromatic rings. The van der Waals surface area contributed by atoms with Gasteiger partial charge in [-0.15, -0.1) is 5.10 Å². The minimum atomic E-state index is 0.581. The predicted octanol–water partition coefficient (Wildman–Crippen LogP) is -1.09. The Morgan fingerprint density at radius 1 is 1.15 bits per heavy atom. The summed E-state index contributed by atoms with van der Waals surface area (Å²) in [5.41, 5.74) is 10.8. The van der Waals surface area contributed by atoms with Crippen molar-refractivity contribution in [1.82, 2.24) is 20.2 Å². The third kappa shape index (κ3) is 3.08. The summed E-state index contributed by atoms with van der Waals surface area (Å²) in [6.07, 6.45) is 2.75. The molecule has 0 fully saturated rings. The normalized spacial score (nSPS) is 10.6. The molecular formula is C7H16N6. The second-order valence-electron chi connectivity index (χ2n) is 2.85. The maximum Gasteiger partial charge on any atom is 0.152 e. The van der Waals surface area contributed by atoms with Crippen LogP contribution in [0.4, 0.5) is 0 Å². The van der Waals surface area contributed by atoms with Crippen molar-refractivity contribution in [2.24, 2.45) is 11.5 Å². The van der Waals surface area contributed by atoms with Crippen molar-refractivity contribution >= 4 is 0 Å². The van der Waals surface area contributed by atoms with Gasteiger partial charge in [0.2, 0.25) is 0 Å². The number of unbranched alkanes of at least 4 members (excludes halogenated alkanes) is 1. The first-order chi connectivity index (χ1) is 6.38. The molecule has 0 atom stereocenters. The maximum absolute atomic E-state index is 5.41. The molecule has 74 valence electrons. The number of aromatic nitrogens is 4. The quantitative estimate of drug-likeness (QED) is 0.548. The van der Waals surface area contributed by atoms with Crippen LogP contribution in [0.5, 0.6) is 0 Å². The first kappa shape index (κ1) is 10.1. The van der Waals surface area contributed by atoms with E-state index in [1.165, 1.54) is 0 Å². The van der Waals surface area contributed by atoms with Gasteiger partial charge in [-0.05, 0) is 36.4 Å². The molecule has 1 aromatic heterocycles. The largest absolute Gasteiger partial charge is 0.330 e. The first-order valence-electron chi connectivity index (χ1n) is 4.53. The molecule has 0 saturated heterocycles. The Morgan fingerprint density at radius 2 is 2.00 bits per heavy atom. The minimum absolute atomic E-state index is 0.581. The lowest BCUT2D eigenvalue weighted by atomic mass is 10.3. The number of rotatable bonds is 6. The van der Waals surface area contributed by atoms with Crippen LogP contribution in [0.3, 0.4) is 0 Å². The summed E-state index contributed by atoms with van der Waals surface area (Å²) in [6.45, 7) is 2.13. The highest BCUT2D eigenvalue weighted by Crippen LogP contribution is 1.96. The van der Waals surface area contributed by atoms with Gasteiger partial charge in [0.1, 0.15) is 0 Å². The highest BCUT2D eigenvalue weighted by molar-refractivity contribution is 4.80. The van der Waals surface area contributed by atoms with Crippen LogP contribution in [-0.2, 0) is 13.0 Å². The summed E-state index contributed by atoms with van der Waals surface area (Å²) in [7, 11) is 0. The van der Waals surface area contributed by atoms with E-state index in [1.54, 1.807) is 4.68 Å². The van der Waals surface area contributed by atoms with Crippen LogP contribution in [0.25, 0.3) is 0 Å². The zero-order valence-electron chi connectivity index (χ0n) is 7.69. The Labute approximate surface area is 77.3 Å². The van der Waals surface area contributed by atoms with Gasteiger partial charge in [-0.3, -0.25) is 0 Å². The SMILES string of the molecule is NCCCCn1nnnc1CCN. The van der Waals surface area contributed by atoms with Crippen molar-refractivity contribution in [1.29, 1.82) is 0 Å². The first-order valence-corrected chi connectivity index (χ1v) is 4.53. The summed E-state index contributed by atoms with van der Waals surface area (Å²) < 4.78 is 1.79. The lowest BCUT2D eigenvalue weighted by Gasteiger charge is -2.01. The molecule has 0 amide bonds. The molecule has 0 saturated carbocycles. The molecule has 0 aliphatic heterocycles. The fraction of sp³-hybridized carbons (Fsp3) is 0.857. The molecule has 4 N–H and O–H groups in total.